The second-order valence-corrected chi connectivity index (χ2v) is 11.3. The van der Waals surface area contributed by atoms with Gasteiger partial charge >= 0.3 is 11.7 Å². The summed E-state index contributed by atoms with van der Waals surface area (Å²) in [4.78, 5) is 41.1. The molecule has 0 spiro atoms. The number of carbonyl (C=O) groups is 2. The Kier molecular flexibility index (Phi) is 9.21. The third-order valence-corrected chi connectivity index (χ3v) is 8.12. The summed E-state index contributed by atoms with van der Waals surface area (Å²) in [5.74, 6) is -0.194. The molecule has 1 fully saturated rings. The van der Waals surface area contributed by atoms with E-state index >= 15 is 0 Å². The minimum Gasteiger partial charge on any atom is -0.462 e. The fourth-order valence-corrected chi connectivity index (χ4v) is 5.73. The van der Waals surface area contributed by atoms with Crippen molar-refractivity contribution in [3.8, 4) is 5.69 Å². The number of benzene rings is 3. The van der Waals surface area contributed by atoms with Crippen molar-refractivity contribution in [3.05, 3.63) is 112 Å². The van der Waals surface area contributed by atoms with Gasteiger partial charge in [-0.2, -0.15) is 9.78 Å². The van der Waals surface area contributed by atoms with Crippen LogP contribution in [0.25, 0.3) is 5.69 Å². The van der Waals surface area contributed by atoms with E-state index in [-0.39, 0.29) is 24.2 Å². The van der Waals surface area contributed by atoms with Crippen molar-refractivity contribution < 1.29 is 14.3 Å². The highest BCUT2D eigenvalue weighted by Gasteiger charge is 2.32. The minimum atomic E-state index is -0.472. The number of aryl methyl sites for hydroxylation is 1. The number of hydrogen-bond donors (Lipinski definition) is 1. The molecule has 9 heteroatoms. The molecule has 1 aliphatic rings. The number of carbonyl (C=O) groups excluding carboxylic acids is 2. The molecule has 1 amide bonds. The van der Waals surface area contributed by atoms with Crippen molar-refractivity contribution in [2.45, 2.75) is 58.5 Å². The highest BCUT2D eigenvalue weighted by molar-refractivity contribution is 5.98. The Morgan fingerprint density at radius 1 is 1.00 bits per heavy atom. The third-order valence-electron chi connectivity index (χ3n) is 8.12. The first kappa shape index (κ1) is 30.0. The molecule has 2 heterocycles. The first-order valence-corrected chi connectivity index (χ1v) is 14.9. The first-order chi connectivity index (χ1) is 20.8. The Morgan fingerprint density at radius 2 is 1.70 bits per heavy atom. The predicted octanol–water partition coefficient (Wildman–Crippen LogP) is 5.66. The average molecular weight is 582 g/mol. The van der Waals surface area contributed by atoms with Crippen molar-refractivity contribution in [2.24, 2.45) is 0 Å². The first-order valence-electron chi connectivity index (χ1n) is 14.9. The van der Waals surface area contributed by atoms with Gasteiger partial charge in [0.2, 0.25) is 5.91 Å². The summed E-state index contributed by atoms with van der Waals surface area (Å²) in [6.07, 6.45) is 3.37. The zero-order chi connectivity index (χ0) is 30.5. The van der Waals surface area contributed by atoms with Crippen LogP contribution in [0.4, 0.5) is 5.69 Å². The lowest BCUT2D eigenvalue weighted by atomic mass is 9.88. The van der Waals surface area contributed by atoms with Crippen LogP contribution in [0, 0.1) is 6.92 Å². The molecule has 4 aromatic rings. The largest absolute Gasteiger partial charge is 0.462 e. The maximum Gasteiger partial charge on any atom is 0.350 e. The van der Waals surface area contributed by atoms with Crippen LogP contribution in [0.1, 0.15) is 78.7 Å². The standard InChI is InChI=1S/C34H39N5O4/c1-5-43-33(41)30-21-28(14-11-24(30)4)36-32(40)31(27-9-7-6-8-10-27)37-19-17-26(18-20-37)25-12-15-29(16-13-25)39-34(42)38(22-35-39)23(2)3/h6-16,21-23,26,31H,5,17-20H2,1-4H3,(H,36,40). The van der Waals surface area contributed by atoms with Crippen molar-refractivity contribution >= 4 is 17.6 Å². The minimum absolute atomic E-state index is 0.0476. The molecule has 1 aromatic heterocycles. The summed E-state index contributed by atoms with van der Waals surface area (Å²) in [5.41, 5.74) is 4.53. The quantitative estimate of drug-likeness (QED) is 0.256. The molecule has 3 aromatic carbocycles. The van der Waals surface area contributed by atoms with E-state index in [9.17, 15) is 14.4 Å². The van der Waals surface area contributed by atoms with E-state index in [2.05, 4.69) is 27.4 Å². The number of hydrogen-bond acceptors (Lipinski definition) is 6. The molecule has 0 radical (unpaired) electrons. The van der Waals surface area contributed by atoms with Crippen molar-refractivity contribution in [3.63, 3.8) is 0 Å². The number of nitrogens with one attached hydrogen (secondary N) is 1. The molecule has 1 aliphatic heterocycles. The Morgan fingerprint density at radius 3 is 2.33 bits per heavy atom. The van der Waals surface area contributed by atoms with Gasteiger partial charge in [0.15, 0.2) is 0 Å². The second kappa shape index (κ2) is 13.2. The van der Waals surface area contributed by atoms with Gasteiger partial charge in [0.1, 0.15) is 12.4 Å². The van der Waals surface area contributed by atoms with E-state index in [4.69, 9.17) is 4.74 Å². The number of aromatic nitrogens is 3. The van der Waals surface area contributed by atoms with Gasteiger partial charge in [-0.25, -0.2) is 9.59 Å². The van der Waals surface area contributed by atoms with Gasteiger partial charge in [-0.05, 0) is 100 Å². The van der Waals surface area contributed by atoms with Gasteiger partial charge in [-0.15, -0.1) is 0 Å². The molecule has 224 valence electrons. The molecule has 1 N–H and O–H groups in total. The van der Waals surface area contributed by atoms with Crippen LogP contribution in [-0.2, 0) is 9.53 Å². The fraction of sp³-hybridized carbons (Fsp3) is 0.353. The van der Waals surface area contributed by atoms with E-state index in [1.807, 2.05) is 75.4 Å². The average Bonchev–Trinajstić information content (AvgIpc) is 3.41. The second-order valence-electron chi connectivity index (χ2n) is 11.3. The van der Waals surface area contributed by atoms with Crippen LogP contribution in [-0.4, -0.2) is 50.8 Å². The normalized spacial score (nSPS) is 14.9. The number of rotatable bonds is 9. The molecule has 1 atom stereocenters. The molecule has 1 saturated heterocycles. The highest BCUT2D eigenvalue weighted by Crippen LogP contribution is 2.33. The lowest BCUT2D eigenvalue weighted by molar-refractivity contribution is -0.122. The lowest BCUT2D eigenvalue weighted by Gasteiger charge is -2.37. The Balaban J connectivity index is 1.29. The molecule has 0 saturated carbocycles. The molecule has 9 nitrogen and oxygen atoms in total. The molecular weight excluding hydrogens is 542 g/mol. The summed E-state index contributed by atoms with van der Waals surface area (Å²) in [7, 11) is 0. The zero-order valence-corrected chi connectivity index (χ0v) is 25.2. The lowest BCUT2D eigenvalue weighted by Crippen LogP contribution is -2.41. The van der Waals surface area contributed by atoms with Gasteiger partial charge in [0, 0.05) is 11.7 Å². The Labute approximate surface area is 252 Å². The van der Waals surface area contributed by atoms with E-state index in [0.717, 1.165) is 42.7 Å². The number of anilines is 1. The SMILES string of the molecule is CCOC(=O)c1cc(NC(=O)C(c2ccccc2)N2CCC(c3ccc(-n4ncn(C(C)C)c4=O)cc3)CC2)ccc1C. The molecular formula is C34H39N5O4. The van der Waals surface area contributed by atoms with Crippen LogP contribution < -0.4 is 11.0 Å². The van der Waals surface area contributed by atoms with Gasteiger partial charge in [-0.1, -0.05) is 48.5 Å². The van der Waals surface area contributed by atoms with Gasteiger partial charge in [0.05, 0.1) is 17.9 Å². The summed E-state index contributed by atoms with van der Waals surface area (Å²) in [5, 5.41) is 7.34. The zero-order valence-electron chi connectivity index (χ0n) is 25.2. The molecule has 5 rings (SSSR count). The van der Waals surface area contributed by atoms with Gasteiger partial charge < -0.3 is 10.1 Å². The molecule has 43 heavy (non-hydrogen) atoms. The van der Waals surface area contributed by atoms with Crippen LogP contribution >= 0.6 is 0 Å². The molecule has 1 unspecified atom stereocenters. The fourth-order valence-electron chi connectivity index (χ4n) is 5.73. The van der Waals surface area contributed by atoms with Crippen LogP contribution in [0.5, 0.6) is 0 Å². The number of ether oxygens (including phenoxy) is 1. The van der Waals surface area contributed by atoms with Crippen LogP contribution in [0.2, 0.25) is 0 Å². The molecule has 0 aliphatic carbocycles. The van der Waals surface area contributed by atoms with Crippen molar-refractivity contribution in [1.29, 1.82) is 0 Å². The number of nitrogens with zero attached hydrogens (tertiary/aromatic N) is 4. The van der Waals surface area contributed by atoms with Crippen LogP contribution in [0.3, 0.4) is 0 Å². The van der Waals surface area contributed by atoms with Gasteiger partial charge in [0.25, 0.3) is 0 Å². The third kappa shape index (κ3) is 6.62. The number of amides is 1. The summed E-state index contributed by atoms with van der Waals surface area (Å²) >= 11 is 0. The maximum absolute atomic E-state index is 13.8. The van der Waals surface area contributed by atoms with E-state index in [1.54, 1.807) is 23.9 Å². The predicted molar refractivity (Wildman–Crippen MR) is 167 cm³/mol. The van der Waals surface area contributed by atoms with Crippen LogP contribution in [0.15, 0.2) is 83.9 Å². The Hall–Kier alpha value is -4.50. The Bertz CT molecular complexity index is 1620. The smallest absolute Gasteiger partial charge is 0.350 e. The van der Waals surface area contributed by atoms with Crippen molar-refractivity contribution in [1.82, 2.24) is 19.2 Å². The summed E-state index contributed by atoms with van der Waals surface area (Å²) < 4.78 is 8.23. The monoisotopic (exact) mass is 581 g/mol. The van der Waals surface area contributed by atoms with E-state index < -0.39 is 12.0 Å². The molecule has 0 bridgehead atoms. The number of esters is 1. The van der Waals surface area contributed by atoms with Gasteiger partial charge in [-0.3, -0.25) is 14.3 Å². The number of likely N-dealkylation sites (tertiary alicyclic amines) is 1. The van der Waals surface area contributed by atoms with E-state index in [0.29, 0.717) is 17.2 Å². The topological polar surface area (TPSA) is 98.5 Å². The highest BCUT2D eigenvalue weighted by atomic mass is 16.5. The van der Waals surface area contributed by atoms with Crippen molar-refractivity contribution in [2.75, 3.05) is 25.0 Å². The van der Waals surface area contributed by atoms with E-state index in [1.165, 1.54) is 10.2 Å². The maximum atomic E-state index is 13.8. The summed E-state index contributed by atoms with van der Waals surface area (Å²) in [6, 6.07) is 22.8. The number of piperidine rings is 1. The summed E-state index contributed by atoms with van der Waals surface area (Å²) in [6.45, 7) is 9.32.